The van der Waals surface area contributed by atoms with E-state index in [0.29, 0.717) is 6.54 Å². The van der Waals surface area contributed by atoms with Crippen molar-refractivity contribution in [1.82, 2.24) is 20.0 Å². The number of ether oxygens (including phenoxy) is 1. The van der Waals surface area contributed by atoms with Crippen LogP contribution in [0.2, 0.25) is 0 Å². The van der Waals surface area contributed by atoms with Crippen LogP contribution in [-0.4, -0.2) is 60.0 Å². The molecule has 2 saturated heterocycles. The van der Waals surface area contributed by atoms with Crippen LogP contribution in [-0.2, 0) is 15.1 Å². The second-order valence-corrected chi connectivity index (χ2v) is 5.63. The van der Waals surface area contributed by atoms with Gasteiger partial charge in [0.25, 0.3) is 5.91 Å². The smallest absolute Gasteiger partial charge is 0.250 e. The molecule has 0 saturated carbocycles. The lowest BCUT2D eigenvalue weighted by molar-refractivity contribution is -0.142. The van der Waals surface area contributed by atoms with Crippen molar-refractivity contribution in [3.8, 4) is 0 Å². The predicted octanol–water partition coefficient (Wildman–Crippen LogP) is 0.209. The van der Waals surface area contributed by atoms with Gasteiger partial charge in [-0.2, -0.15) is 5.10 Å². The number of aromatic nitrogens is 2. The number of carbonyl (C=O) groups is 1. The molecule has 3 rings (SSSR count). The number of carbonyl (C=O) groups excluding carboxylic acids is 1. The first kappa shape index (κ1) is 13.6. The van der Waals surface area contributed by atoms with E-state index < -0.39 is 5.54 Å². The Morgan fingerprint density at radius 1 is 1.45 bits per heavy atom. The first-order valence-electron chi connectivity index (χ1n) is 7.29. The molecule has 0 radical (unpaired) electrons. The van der Waals surface area contributed by atoms with E-state index in [1.165, 1.54) is 0 Å². The van der Waals surface area contributed by atoms with Crippen molar-refractivity contribution in [2.24, 2.45) is 0 Å². The van der Waals surface area contributed by atoms with Gasteiger partial charge in [-0.25, -0.2) is 0 Å². The van der Waals surface area contributed by atoms with Gasteiger partial charge in [0.15, 0.2) is 0 Å². The molecule has 110 valence electrons. The highest BCUT2D eigenvalue weighted by molar-refractivity contribution is 5.85. The molecule has 6 nitrogen and oxygen atoms in total. The van der Waals surface area contributed by atoms with Gasteiger partial charge in [-0.05, 0) is 38.4 Å². The quantitative estimate of drug-likeness (QED) is 0.858. The Bertz CT molecular complexity index is 454. The molecule has 0 unspecified atom stereocenters. The average molecular weight is 278 g/mol. The monoisotopic (exact) mass is 278 g/mol. The Morgan fingerprint density at radius 2 is 2.25 bits per heavy atom. The van der Waals surface area contributed by atoms with Crippen LogP contribution in [0.15, 0.2) is 18.5 Å². The largest absolute Gasteiger partial charge is 0.380 e. The second kappa shape index (κ2) is 5.54. The number of nitrogens with zero attached hydrogens (tertiary/aromatic N) is 3. The first-order valence-corrected chi connectivity index (χ1v) is 7.29. The highest BCUT2D eigenvalue weighted by atomic mass is 16.5. The molecular formula is C14H22N4O2. The lowest BCUT2D eigenvalue weighted by atomic mass is 9.87. The number of nitrogens with one attached hydrogen (secondary N) is 1. The summed E-state index contributed by atoms with van der Waals surface area (Å²) in [5.74, 6) is 0.197. The van der Waals surface area contributed by atoms with E-state index in [0.717, 1.165) is 38.9 Å². The number of likely N-dealkylation sites (tertiary alicyclic amines) is 1. The topological polar surface area (TPSA) is 59.4 Å². The molecular weight excluding hydrogens is 256 g/mol. The molecule has 20 heavy (non-hydrogen) atoms. The fourth-order valence-corrected chi connectivity index (χ4v) is 3.30. The van der Waals surface area contributed by atoms with Crippen LogP contribution in [0.5, 0.6) is 0 Å². The summed E-state index contributed by atoms with van der Waals surface area (Å²) in [6.07, 6.45) is 6.35. The van der Waals surface area contributed by atoms with Crippen LogP contribution in [0.3, 0.4) is 0 Å². The molecule has 6 heteroatoms. The fourth-order valence-electron chi connectivity index (χ4n) is 3.30. The van der Waals surface area contributed by atoms with E-state index >= 15 is 0 Å². The molecule has 1 amide bonds. The van der Waals surface area contributed by atoms with E-state index in [-0.39, 0.29) is 12.0 Å². The standard InChI is InChI=1S/C14H22N4O2/c1-20-12-3-10-17(11-12)13(19)14(4-7-15-8-5-14)18-9-2-6-16-18/h2,6,9,12,15H,3-5,7-8,10-11H2,1H3/t12-/m0/s1. The van der Waals surface area contributed by atoms with Crippen molar-refractivity contribution >= 4 is 5.91 Å². The third-order valence-electron chi connectivity index (χ3n) is 4.54. The van der Waals surface area contributed by atoms with Gasteiger partial charge in [0, 0.05) is 32.6 Å². The summed E-state index contributed by atoms with van der Waals surface area (Å²) >= 11 is 0. The summed E-state index contributed by atoms with van der Waals surface area (Å²) in [5.41, 5.74) is -0.516. The third-order valence-corrected chi connectivity index (χ3v) is 4.54. The second-order valence-electron chi connectivity index (χ2n) is 5.63. The van der Waals surface area contributed by atoms with Crippen LogP contribution >= 0.6 is 0 Å². The maximum absolute atomic E-state index is 13.1. The average Bonchev–Trinajstić information content (AvgIpc) is 3.18. The van der Waals surface area contributed by atoms with Gasteiger partial charge in [0.1, 0.15) is 5.54 Å². The van der Waals surface area contributed by atoms with Crippen LogP contribution in [0.4, 0.5) is 0 Å². The van der Waals surface area contributed by atoms with Crippen molar-refractivity contribution < 1.29 is 9.53 Å². The molecule has 1 N–H and O–H groups in total. The zero-order chi connectivity index (χ0) is 14.0. The number of piperidine rings is 1. The maximum Gasteiger partial charge on any atom is 0.250 e. The van der Waals surface area contributed by atoms with Gasteiger partial charge in [-0.15, -0.1) is 0 Å². The Morgan fingerprint density at radius 3 is 2.85 bits per heavy atom. The van der Waals surface area contributed by atoms with E-state index in [1.807, 2.05) is 21.8 Å². The number of rotatable bonds is 3. The molecule has 2 fully saturated rings. The molecule has 1 aromatic heterocycles. The third kappa shape index (κ3) is 2.23. The molecule has 0 aliphatic carbocycles. The summed E-state index contributed by atoms with van der Waals surface area (Å²) in [6, 6.07) is 1.89. The Hall–Kier alpha value is -1.40. The van der Waals surface area contributed by atoms with Crippen molar-refractivity contribution in [2.75, 3.05) is 33.3 Å². The Labute approximate surface area is 119 Å². The van der Waals surface area contributed by atoms with Crippen LogP contribution in [0.25, 0.3) is 0 Å². The number of methoxy groups -OCH3 is 1. The summed E-state index contributed by atoms with van der Waals surface area (Å²) in [7, 11) is 1.71. The Balaban J connectivity index is 1.84. The van der Waals surface area contributed by atoms with Crippen molar-refractivity contribution in [3.63, 3.8) is 0 Å². The SMILES string of the molecule is CO[C@H]1CCN(C(=O)C2(n3cccn3)CCNCC2)C1. The molecule has 1 aromatic rings. The number of amides is 1. The van der Waals surface area contributed by atoms with Crippen molar-refractivity contribution in [2.45, 2.75) is 30.9 Å². The van der Waals surface area contributed by atoms with E-state index in [2.05, 4.69) is 10.4 Å². The predicted molar refractivity (Wildman–Crippen MR) is 74.3 cm³/mol. The zero-order valence-corrected chi connectivity index (χ0v) is 11.9. The summed E-state index contributed by atoms with van der Waals surface area (Å²) in [6.45, 7) is 3.19. The van der Waals surface area contributed by atoms with Gasteiger partial charge >= 0.3 is 0 Å². The maximum atomic E-state index is 13.1. The number of hydrogen-bond donors (Lipinski definition) is 1. The van der Waals surface area contributed by atoms with Gasteiger partial charge in [0.05, 0.1) is 6.10 Å². The summed E-state index contributed by atoms with van der Waals surface area (Å²) < 4.78 is 7.23. The molecule has 0 spiro atoms. The summed E-state index contributed by atoms with van der Waals surface area (Å²) in [4.78, 5) is 15.0. The lowest BCUT2D eigenvalue weighted by Gasteiger charge is -2.39. The van der Waals surface area contributed by atoms with Crippen LogP contribution < -0.4 is 5.32 Å². The van der Waals surface area contributed by atoms with Gasteiger partial charge in [0.2, 0.25) is 0 Å². The minimum atomic E-state index is -0.516. The van der Waals surface area contributed by atoms with E-state index in [4.69, 9.17) is 4.74 Å². The van der Waals surface area contributed by atoms with E-state index in [1.54, 1.807) is 13.3 Å². The van der Waals surface area contributed by atoms with Crippen LogP contribution in [0, 0.1) is 0 Å². The molecule has 1 atom stereocenters. The number of hydrogen-bond acceptors (Lipinski definition) is 4. The van der Waals surface area contributed by atoms with Crippen LogP contribution in [0.1, 0.15) is 19.3 Å². The fraction of sp³-hybridized carbons (Fsp3) is 0.714. The Kier molecular flexibility index (Phi) is 3.76. The molecule has 2 aliphatic heterocycles. The zero-order valence-electron chi connectivity index (χ0n) is 11.9. The minimum absolute atomic E-state index is 0.176. The van der Waals surface area contributed by atoms with Gasteiger partial charge < -0.3 is 15.0 Å². The van der Waals surface area contributed by atoms with Crippen molar-refractivity contribution in [1.29, 1.82) is 0 Å². The molecule has 2 aliphatic rings. The highest BCUT2D eigenvalue weighted by Crippen LogP contribution is 2.31. The molecule has 3 heterocycles. The van der Waals surface area contributed by atoms with Crippen molar-refractivity contribution in [3.05, 3.63) is 18.5 Å². The molecule has 0 bridgehead atoms. The first-order chi connectivity index (χ1) is 9.76. The van der Waals surface area contributed by atoms with Gasteiger partial charge in [-0.1, -0.05) is 0 Å². The summed E-state index contributed by atoms with van der Waals surface area (Å²) in [5, 5.41) is 7.68. The minimum Gasteiger partial charge on any atom is -0.380 e. The lowest BCUT2D eigenvalue weighted by Crippen LogP contribution is -2.55. The van der Waals surface area contributed by atoms with Gasteiger partial charge in [-0.3, -0.25) is 9.48 Å². The van der Waals surface area contributed by atoms with E-state index in [9.17, 15) is 4.79 Å². The highest BCUT2D eigenvalue weighted by Gasteiger charge is 2.45. The normalized spacial score (nSPS) is 25.9. The molecule has 0 aromatic carbocycles.